The Hall–Kier alpha value is -6.76. The Kier molecular flexibility index (Phi) is 24.5. The van der Waals surface area contributed by atoms with E-state index in [2.05, 4.69) is 107 Å². The monoisotopic (exact) mass is 1010 g/mol. The molecule has 0 unspecified atom stereocenters. The fourth-order valence-electron chi connectivity index (χ4n) is 6.54. The van der Waals surface area contributed by atoms with Crippen molar-refractivity contribution in [2.75, 3.05) is 44.3 Å². The van der Waals surface area contributed by atoms with Crippen molar-refractivity contribution in [3.8, 4) is 11.8 Å². The van der Waals surface area contributed by atoms with Gasteiger partial charge in [-0.05, 0) is 236 Å². The summed E-state index contributed by atoms with van der Waals surface area (Å²) in [5, 5.41) is 4.15. The van der Waals surface area contributed by atoms with Gasteiger partial charge in [0.25, 0.3) is 0 Å². The number of methoxy groups -OCH3 is 4. The van der Waals surface area contributed by atoms with E-state index in [4.69, 9.17) is 26.6 Å². The number of ether oxygens (including phenoxy) is 4. The van der Waals surface area contributed by atoms with Gasteiger partial charge in [-0.1, -0.05) is 5.10 Å². The minimum Gasteiger partial charge on any atom is -0.457 e. The second kappa shape index (κ2) is 28.0. The number of carbonyl (C=O) groups is 4. The van der Waals surface area contributed by atoms with Gasteiger partial charge in [-0.15, -0.1) is 0 Å². The highest BCUT2D eigenvalue weighted by atomic mass is 35.5. The number of rotatable bonds is 6. The molecule has 0 fully saturated rings. The summed E-state index contributed by atoms with van der Waals surface area (Å²) in [7, 11) is 5.17. The molecule has 4 aromatic carbocycles. The number of carbonyl (C=O) groups excluding carboxylic acids is 4. The van der Waals surface area contributed by atoms with Crippen LogP contribution in [0.3, 0.4) is 0 Å². The topological polar surface area (TPSA) is 231 Å². The third-order valence-electron chi connectivity index (χ3n) is 12.4. The predicted octanol–water partition coefficient (Wildman–Crippen LogP) is 11.2. The van der Waals surface area contributed by atoms with Gasteiger partial charge in [0.15, 0.2) is 0 Å². The quantitative estimate of drug-likeness (QED) is 0.0350. The molecule has 0 saturated heterocycles. The van der Waals surface area contributed by atoms with Gasteiger partial charge in [0.05, 0.1) is 51.2 Å². The largest absolute Gasteiger partial charge is 0.457 e. The van der Waals surface area contributed by atoms with Crippen LogP contribution >= 0.6 is 23.2 Å². The van der Waals surface area contributed by atoms with Crippen molar-refractivity contribution in [1.29, 1.82) is 0 Å². The first kappa shape index (κ1) is 61.3. The number of benzene rings is 4. The molecule has 0 radical (unpaired) electrons. The number of amides is 3. The first-order valence-corrected chi connectivity index (χ1v) is 22.4. The number of aromatic nitrogens is 2. The molecule has 0 aliphatic carbocycles. The number of hydrazine groups is 3. The fraction of sp³-hybridized carbons (Fsp3) is 0.400. The van der Waals surface area contributed by atoms with Crippen LogP contribution in [-0.2, 0) is 14.2 Å². The Morgan fingerprint density at radius 2 is 0.986 bits per heavy atom. The fourth-order valence-corrected chi connectivity index (χ4v) is 6.67. The summed E-state index contributed by atoms with van der Waals surface area (Å²) in [6.45, 7) is 32.5. The molecular weight excluding hydrogens is 944 g/mol. The van der Waals surface area contributed by atoms with Gasteiger partial charge in [-0.25, -0.2) is 35.0 Å². The average Bonchev–Trinajstić information content (AvgIpc) is 3.72. The van der Waals surface area contributed by atoms with Crippen LogP contribution in [0.5, 0.6) is 6.08 Å². The van der Waals surface area contributed by atoms with Gasteiger partial charge in [0, 0.05) is 11.6 Å². The van der Waals surface area contributed by atoms with Crippen LogP contribution in [0.4, 0.5) is 36.2 Å². The molecule has 18 nitrogen and oxygen atoms in total. The Morgan fingerprint density at radius 3 is 1.40 bits per heavy atom. The summed E-state index contributed by atoms with van der Waals surface area (Å²) in [5.41, 5.74) is 31.3. The lowest BCUT2D eigenvalue weighted by Crippen LogP contribution is -2.44. The molecule has 0 bridgehead atoms. The molecule has 5 rings (SSSR count). The van der Waals surface area contributed by atoms with Crippen LogP contribution in [-0.4, -0.2) is 61.2 Å². The Bertz CT molecular complexity index is 2730. The molecule has 1 heterocycles. The van der Waals surface area contributed by atoms with Gasteiger partial charge in [-0.3, -0.25) is 16.1 Å². The highest BCUT2D eigenvalue weighted by molar-refractivity contribution is 6.66. The van der Waals surface area contributed by atoms with Gasteiger partial charge >= 0.3 is 34.8 Å². The summed E-state index contributed by atoms with van der Waals surface area (Å²) in [4.78, 5) is 54.7. The molecule has 6 N–H and O–H groups in total. The summed E-state index contributed by atoms with van der Waals surface area (Å²) >= 11 is 10.1. The van der Waals surface area contributed by atoms with Crippen LogP contribution in [0, 0.1) is 111 Å². The van der Waals surface area contributed by atoms with Crippen LogP contribution in [0.15, 0.2) is 33.5 Å². The molecular formula is C50H70Cl2N8O10. The second-order valence-corrected chi connectivity index (χ2v) is 16.8. The van der Waals surface area contributed by atoms with Crippen LogP contribution < -0.4 is 43.0 Å². The average molecular weight is 1010 g/mol. The molecule has 5 aromatic rings. The Balaban J connectivity index is 0.000000456. The van der Waals surface area contributed by atoms with Gasteiger partial charge in [-0.2, -0.15) is 4.68 Å². The molecule has 0 saturated carbocycles. The van der Waals surface area contributed by atoms with E-state index in [1.54, 1.807) is 6.07 Å². The zero-order valence-corrected chi connectivity index (χ0v) is 45.6. The van der Waals surface area contributed by atoms with E-state index in [9.17, 15) is 24.0 Å². The summed E-state index contributed by atoms with van der Waals surface area (Å²) < 4.78 is 23.7. The second-order valence-electron chi connectivity index (χ2n) is 16.2. The van der Waals surface area contributed by atoms with E-state index in [-0.39, 0.29) is 6.08 Å². The molecule has 70 heavy (non-hydrogen) atoms. The zero-order chi connectivity index (χ0) is 54.1. The third kappa shape index (κ3) is 16.4. The SMILES string of the molecule is COC(=O)Cl.COC(=O)NN(C(=O)Cl)c1cc(C)c(C)c(C)c1C.COC(=O)NNc1cc(C)c(C)c(C)c1C.COc1nn(-c2cc(C)c(C)c(C)c2C)c(=O)o1.Cc1cc(NN)c(C)c(C)c1C. The van der Waals surface area contributed by atoms with Crippen LogP contribution in [0.25, 0.3) is 5.69 Å². The van der Waals surface area contributed by atoms with Crippen LogP contribution in [0.2, 0.25) is 0 Å². The van der Waals surface area contributed by atoms with Crippen molar-refractivity contribution >= 4 is 63.2 Å². The molecule has 0 atom stereocenters. The lowest BCUT2D eigenvalue weighted by atomic mass is 9.98. The van der Waals surface area contributed by atoms with Gasteiger partial charge in [0.1, 0.15) is 0 Å². The number of aryl methyl sites for hydroxylation is 4. The molecule has 20 heteroatoms. The van der Waals surface area contributed by atoms with Crippen molar-refractivity contribution in [2.45, 2.75) is 111 Å². The normalized spacial score (nSPS) is 9.93. The highest BCUT2D eigenvalue weighted by Gasteiger charge is 2.21. The molecule has 0 aliphatic heterocycles. The summed E-state index contributed by atoms with van der Waals surface area (Å²) in [6.07, 6.45) is -1.30. The first-order valence-electron chi connectivity index (χ1n) is 21.6. The maximum Gasteiger partial charge on any atom is 0.444 e. The van der Waals surface area contributed by atoms with E-state index < -0.39 is 28.7 Å². The number of anilines is 3. The molecule has 384 valence electrons. The molecule has 3 amide bonds. The zero-order valence-electron chi connectivity index (χ0n) is 44.1. The summed E-state index contributed by atoms with van der Waals surface area (Å²) in [5.74, 6) is 4.84. The van der Waals surface area contributed by atoms with Crippen molar-refractivity contribution in [3.05, 3.63) is 124 Å². The van der Waals surface area contributed by atoms with Crippen molar-refractivity contribution in [2.24, 2.45) is 5.84 Å². The van der Waals surface area contributed by atoms with Crippen molar-refractivity contribution in [1.82, 2.24) is 20.6 Å². The number of nitrogens with one attached hydrogen (secondary N) is 4. The van der Waals surface area contributed by atoms with E-state index in [1.165, 1.54) is 77.6 Å². The maximum atomic E-state index is 11.7. The number of halogens is 2. The predicted molar refractivity (Wildman–Crippen MR) is 278 cm³/mol. The Labute approximate surface area is 421 Å². The van der Waals surface area contributed by atoms with E-state index in [1.807, 2.05) is 74.4 Å². The van der Waals surface area contributed by atoms with Crippen molar-refractivity contribution < 1.29 is 42.5 Å². The van der Waals surface area contributed by atoms with Crippen LogP contribution in [0.1, 0.15) is 89.0 Å². The minimum absolute atomic E-state index is 0.0321. The lowest BCUT2D eigenvalue weighted by Gasteiger charge is -2.24. The molecule has 1 aromatic heterocycles. The number of hydrogen-bond donors (Lipinski definition) is 5. The standard InChI is InChI=1S/C13H17ClN2O3.C13H16N2O3.C12H18N2O2.C10H16N2.C2H3ClO2/c1-7-6-11(10(4)9(3)8(7)2)16(12(14)17)15-13(18)19-5;1-7-6-11(10(4)9(3)8(7)2)15-13(16)18-12(14-15)17-5;1-7-6-11(13-14-12(15)16-5)10(4)9(3)8(7)2;1-6-5-10(12-11)9(4)8(3)7(6)2;1-5-2(3)4/h6H,1-5H3,(H,15,18);6H,1-5H3;6,13H,1-5H3,(H,14,15);5,12H,11H2,1-4H3;1H3. The van der Waals surface area contributed by atoms with Gasteiger partial charge in [0.2, 0.25) is 0 Å². The number of nitrogens with two attached hydrogens (primary N) is 1. The van der Waals surface area contributed by atoms with E-state index in [0.29, 0.717) is 5.69 Å². The smallest absolute Gasteiger partial charge is 0.444 e. The van der Waals surface area contributed by atoms with E-state index >= 15 is 0 Å². The first-order chi connectivity index (χ1) is 32.6. The number of hydrogen-bond acceptors (Lipinski definition) is 14. The molecule has 0 spiro atoms. The number of nitrogen functional groups attached to an aromatic ring is 1. The molecule has 0 aliphatic rings. The van der Waals surface area contributed by atoms with E-state index in [0.717, 1.165) is 66.6 Å². The number of nitrogens with zero attached hydrogens (tertiary/aromatic N) is 3. The highest BCUT2D eigenvalue weighted by Crippen LogP contribution is 2.29. The lowest BCUT2D eigenvalue weighted by molar-refractivity contribution is 0.170. The minimum atomic E-state index is -0.809. The van der Waals surface area contributed by atoms with Crippen molar-refractivity contribution in [3.63, 3.8) is 0 Å². The maximum absolute atomic E-state index is 11.7. The summed E-state index contributed by atoms with van der Waals surface area (Å²) in [6, 6.07) is 7.82. The Morgan fingerprint density at radius 1 is 0.571 bits per heavy atom. The third-order valence-corrected chi connectivity index (χ3v) is 12.7. The van der Waals surface area contributed by atoms with Gasteiger partial charge < -0.3 is 28.8 Å².